The number of rotatable bonds is 5. The Labute approximate surface area is 118 Å². The standard InChI is InChI=1S/C14H22BrN3/c1-5-7-16-13-11(15)10(6-2)17-12(18-13)9-8-14(9,3)4/h9H,5-8H2,1-4H3,(H,16,17,18). The second-order valence-electron chi connectivity index (χ2n) is 5.72. The van der Waals surface area contributed by atoms with Gasteiger partial charge in [-0.3, -0.25) is 0 Å². The lowest BCUT2D eigenvalue weighted by Gasteiger charge is -2.12. The Bertz CT molecular complexity index is 443. The second-order valence-corrected chi connectivity index (χ2v) is 6.51. The summed E-state index contributed by atoms with van der Waals surface area (Å²) in [7, 11) is 0. The van der Waals surface area contributed by atoms with Crippen LogP contribution in [0.25, 0.3) is 0 Å². The molecule has 2 rings (SSSR count). The largest absolute Gasteiger partial charge is 0.369 e. The van der Waals surface area contributed by atoms with E-state index in [1.807, 2.05) is 0 Å². The first-order valence-electron chi connectivity index (χ1n) is 6.79. The molecule has 100 valence electrons. The molecule has 1 atom stereocenters. The molecule has 18 heavy (non-hydrogen) atoms. The molecule has 1 unspecified atom stereocenters. The van der Waals surface area contributed by atoms with Crippen molar-refractivity contribution in [3.05, 3.63) is 16.0 Å². The van der Waals surface area contributed by atoms with Gasteiger partial charge in [0.05, 0.1) is 10.2 Å². The summed E-state index contributed by atoms with van der Waals surface area (Å²) >= 11 is 3.62. The summed E-state index contributed by atoms with van der Waals surface area (Å²) in [6.45, 7) is 9.82. The lowest BCUT2D eigenvalue weighted by molar-refractivity contribution is 0.606. The van der Waals surface area contributed by atoms with E-state index in [9.17, 15) is 0 Å². The summed E-state index contributed by atoms with van der Waals surface area (Å²) in [5.74, 6) is 2.50. The number of halogens is 1. The molecule has 0 bridgehead atoms. The highest BCUT2D eigenvalue weighted by atomic mass is 79.9. The van der Waals surface area contributed by atoms with Crippen molar-refractivity contribution in [1.29, 1.82) is 0 Å². The molecular weight excluding hydrogens is 290 g/mol. The Morgan fingerprint density at radius 1 is 1.33 bits per heavy atom. The van der Waals surface area contributed by atoms with Gasteiger partial charge >= 0.3 is 0 Å². The van der Waals surface area contributed by atoms with Gasteiger partial charge in [-0.15, -0.1) is 0 Å². The number of aryl methyl sites for hydroxylation is 1. The van der Waals surface area contributed by atoms with Crippen LogP contribution in [0.4, 0.5) is 5.82 Å². The first-order chi connectivity index (χ1) is 8.49. The Hall–Kier alpha value is -0.640. The quantitative estimate of drug-likeness (QED) is 0.888. The maximum absolute atomic E-state index is 4.72. The van der Waals surface area contributed by atoms with Crippen molar-refractivity contribution in [2.75, 3.05) is 11.9 Å². The van der Waals surface area contributed by atoms with Crippen LogP contribution in [0.5, 0.6) is 0 Å². The first-order valence-corrected chi connectivity index (χ1v) is 7.59. The summed E-state index contributed by atoms with van der Waals surface area (Å²) in [6.07, 6.45) is 3.23. The van der Waals surface area contributed by atoms with Crippen LogP contribution < -0.4 is 5.32 Å². The third-order valence-corrected chi connectivity index (χ3v) is 4.47. The lowest BCUT2D eigenvalue weighted by Crippen LogP contribution is -2.09. The number of nitrogens with zero attached hydrogens (tertiary/aromatic N) is 2. The molecule has 3 nitrogen and oxygen atoms in total. The minimum Gasteiger partial charge on any atom is -0.369 e. The summed E-state index contributed by atoms with van der Waals surface area (Å²) in [5.41, 5.74) is 1.49. The van der Waals surface area contributed by atoms with Crippen LogP contribution in [0.2, 0.25) is 0 Å². The minimum absolute atomic E-state index is 0.376. The van der Waals surface area contributed by atoms with Gasteiger partial charge in [-0.1, -0.05) is 27.7 Å². The molecule has 0 saturated heterocycles. The van der Waals surface area contributed by atoms with Gasteiger partial charge in [0.2, 0.25) is 0 Å². The Balaban J connectivity index is 2.31. The zero-order valence-corrected chi connectivity index (χ0v) is 13.3. The van der Waals surface area contributed by atoms with Crippen molar-refractivity contribution in [1.82, 2.24) is 9.97 Å². The highest BCUT2D eigenvalue weighted by molar-refractivity contribution is 9.10. The molecule has 0 amide bonds. The third kappa shape index (κ3) is 2.68. The molecule has 1 heterocycles. The van der Waals surface area contributed by atoms with Crippen molar-refractivity contribution >= 4 is 21.7 Å². The van der Waals surface area contributed by atoms with Gasteiger partial charge in [0.1, 0.15) is 11.6 Å². The predicted molar refractivity (Wildman–Crippen MR) is 79.0 cm³/mol. The smallest absolute Gasteiger partial charge is 0.144 e. The topological polar surface area (TPSA) is 37.8 Å². The van der Waals surface area contributed by atoms with Crippen LogP contribution >= 0.6 is 15.9 Å². The highest BCUT2D eigenvalue weighted by Gasteiger charge is 2.48. The highest BCUT2D eigenvalue weighted by Crippen LogP contribution is 2.57. The third-order valence-electron chi connectivity index (χ3n) is 3.64. The van der Waals surface area contributed by atoms with Crippen LogP contribution in [0.3, 0.4) is 0 Å². The van der Waals surface area contributed by atoms with E-state index in [2.05, 4.69) is 48.9 Å². The zero-order chi connectivity index (χ0) is 13.3. The molecule has 0 radical (unpaired) electrons. The normalized spacial score (nSPS) is 20.8. The summed E-state index contributed by atoms with van der Waals surface area (Å²) in [5, 5.41) is 3.39. The fourth-order valence-electron chi connectivity index (χ4n) is 2.17. The van der Waals surface area contributed by atoms with Gasteiger partial charge in [0.15, 0.2) is 0 Å². The van der Waals surface area contributed by atoms with Gasteiger partial charge in [-0.25, -0.2) is 9.97 Å². The zero-order valence-electron chi connectivity index (χ0n) is 11.7. The minimum atomic E-state index is 0.376. The number of hydrogen-bond acceptors (Lipinski definition) is 3. The molecule has 1 aromatic heterocycles. The molecule has 4 heteroatoms. The number of nitrogens with one attached hydrogen (secondary N) is 1. The number of aromatic nitrogens is 2. The molecule has 1 fully saturated rings. The Morgan fingerprint density at radius 2 is 2.00 bits per heavy atom. The Kier molecular flexibility index (Phi) is 3.95. The average molecular weight is 312 g/mol. The van der Waals surface area contributed by atoms with Crippen LogP contribution in [-0.4, -0.2) is 16.5 Å². The SMILES string of the molecule is CCCNc1nc(C2CC2(C)C)nc(CC)c1Br. The van der Waals surface area contributed by atoms with E-state index >= 15 is 0 Å². The molecule has 0 aromatic carbocycles. The lowest BCUT2D eigenvalue weighted by atomic mass is 10.1. The first kappa shape index (κ1) is 13.8. The van der Waals surface area contributed by atoms with Gasteiger partial charge in [-0.05, 0) is 40.6 Å². The Morgan fingerprint density at radius 3 is 2.50 bits per heavy atom. The van der Waals surface area contributed by atoms with Gasteiger partial charge in [0, 0.05) is 12.5 Å². The maximum Gasteiger partial charge on any atom is 0.144 e. The van der Waals surface area contributed by atoms with Crippen molar-refractivity contribution in [3.63, 3.8) is 0 Å². The van der Waals surface area contributed by atoms with Crippen molar-refractivity contribution in [2.24, 2.45) is 5.41 Å². The average Bonchev–Trinajstić information content (AvgIpc) is 2.97. The van der Waals surface area contributed by atoms with Crippen LogP contribution in [0, 0.1) is 5.41 Å². The van der Waals surface area contributed by atoms with E-state index in [0.717, 1.165) is 41.2 Å². The molecule has 1 aliphatic rings. The van der Waals surface area contributed by atoms with E-state index in [1.165, 1.54) is 6.42 Å². The van der Waals surface area contributed by atoms with Crippen LogP contribution in [0.1, 0.15) is 58.0 Å². The van der Waals surface area contributed by atoms with E-state index < -0.39 is 0 Å². The van der Waals surface area contributed by atoms with Crippen molar-refractivity contribution < 1.29 is 0 Å². The molecular formula is C14H22BrN3. The maximum atomic E-state index is 4.72. The second kappa shape index (κ2) is 5.16. The van der Waals surface area contributed by atoms with Crippen LogP contribution in [0.15, 0.2) is 4.47 Å². The van der Waals surface area contributed by atoms with Gasteiger partial charge in [-0.2, -0.15) is 0 Å². The predicted octanol–water partition coefficient (Wildman–Crippen LogP) is 4.14. The van der Waals surface area contributed by atoms with Crippen molar-refractivity contribution in [2.45, 2.75) is 52.9 Å². The van der Waals surface area contributed by atoms with Gasteiger partial charge in [0.25, 0.3) is 0 Å². The van der Waals surface area contributed by atoms with E-state index in [-0.39, 0.29) is 0 Å². The fraction of sp³-hybridized carbons (Fsp3) is 0.714. The van der Waals surface area contributed by atoms with E-state index in [1.54, 1.807) is 0 Å². The van der Waals surface area contributed by atoms with Gasteiger partial charge < -0.3 is 5.32 Å². The van der Waals surface area contributed by atoms with Crippen molar-refractivity contribution in [3.8, 4) is 0 Å². The monoisotopic (exact) mass is 311 g/mol. The molecule has 1 N–H and O–H groups in total. The molecule has 0 spiro atoms. The fourth-order valence-corrected chi connectivity index (χ4v) is 2.77. The van der Waals surface area contributed by atoms with E-state index in [0.29, 0.717) is 11.3 Å². The summed E-state index contributed by atoms with van der Waals surface area (Å²) in [6, 6.07) is 0. The van der Waals surface area contributed by atoms with E-state index in [4.69, 9.17) is 9.97 Å². The summed E-state index contributed by atoms with van der Waals surface area (Å²) in [4.78, 5) is 9.43. The molecule has 1 aromatic rings. The molecule has 0 aliphatic heterocycles. The number of anilines is 1. The van der Waals surface area contributed by atoms with Crippen LogP contribution in [-0.2, 0) is 6.42 Å². The number of hydrogen-bond donors (Lipinski definition) is 1. The summed E-state index contributed by atoms with van der Waals surface area (Å²) < 4.78 is 1.03. The molecule has 1 aliphatic carbocycles. The molecule has 1 saturated carbocycles.